The third kappa shape index (κ3) is 2.75. The zero-order valence-electron chi connectivity index (χ0n) is 13.8. The Morgan fingerprint density at radius 1 is 1.35 bits per heavy atom. The molecule has 0 aliphatic heterocycles. The van der Waals surface area contributed by atoms with Gasteiger partial charge < -0.3 is 5.11 Å². The molecule has 3 aromatic rings. The van der Waals surface area contributed by atoms with Crippen molar-refractivity contribution in [3.05, 3.63) is 47.5 Å². The molecule has 9 nitrogen and oxygen atoms in total. The number of aryl methyl sites for hydroxylation is 1. The third-order valence-corrected chi connectivity index (χ3v) is 5.34. The predicted octanol–water partition coefficient (Wildman–Crippen LogP) is 1.49. The number of benzene rings is 1. The molecule has 2 aromatic heterocycles. The van der Waals surface area contributed by atoms with Crippen molar-refractivity contribution in [1.82, 2.24) is 19.6 Å². The smallest absolute Gasteiger partial charge is 0.337 e. The van der Waals surface area contributed by atoms with Gasteiger partial charge in [-0.2, -0.15) is 13.4 Å². The van der Waals surface area contributed by atoms with E-state index in [2.05, 4.69) is 15.1 Å². The minimum Gasteiger partial charge on any atom is -0.478 e. The number of hydrogen-bond donors (Lipinski definition) is 1. The van der Waals surface area contributed by atoms with Crippen molar-refractivity contribution in [1.29, 1.82) is 0 Å². The molecule has 136 valence electrons. The van der Waals surface area contributed by atoms with Crippen LogP contribution in [0, 0.1) is 12.7 Å². The van der Waals surface area contributed by atoms with Crippen LogP contribution in [0.1, 0.15) is 23.0 Å². The van der Waals surface area contributed by atoms with E-state index in [1.54, 1.807) is 13.0 Å². The van der Waals surface area contributed by atoms with Gasteiger partial charge in [-0.05, 0) is 32.0 Å². The van der Waals surface area contributed by atoms with E-state index in [-0.39, 0.29) is 12.3 Å². The van der Waals surface area contributed by atoms with Crippen LogP contribution in [0.25, 0.3) is 5.78 Å². The van der Waals surface area contributed by atoms with Crippen molar-refractivity contribution in [2.45, 2.75) is 19.0 Å². The molecule has 0 saturated carbocycles. The van der Waals surface area contributed by atoms with E-state index in [0.29, 0.717) is 10.00 Å². The van der Waals surface area contributed by atoms with Crippen LogP contribution in [-0.4, -0.2) is 45.6 Å². The molecule has 0 fully saturated rings. The molecular weight excluding hydrogens is 365 g/mol. The molecule has 0 spiro atoms. The normalized spacial score (nSPS) is 11.7. The maximum atomic E-state index is 14.3. The standard InChI is InChI=1S/C15H14FN5O4S/c1-3-20(12-10(13(22)23)5-4-6-11(12)16)26(24,25)15-18-14-17-8-7-9(2)21(14)19-15/h4-8H,3H2,1-2H3,(H,22,23). The molecule has 0 aliphatic rings. The lowest BCUT2D eigenvalue weighted by atomic mass is 10.1. The number of aromatic nitrogens is 4. The molecule has 0 amide bonds. The summed E-state index contributed by atoms with van der Waals surface area (Å²) in [6, 6.07) is 4.93. The van der Waals surface area contributed by atoms with E-state index < -0.39 is 38.2 Å². The quantitative estimate of drug-likeness (QED) is 0.713. The molecule has 11 heteroatoms. The van der Waals surface area contributed by atoms with Gasteiger partial charge in [-0.1, -0.05) is 6.07 Å². The number of carboxylic acid groups (broad SMARTS) is 1. The van der Waals surface area contributed by atoms with E-state index in [1.165, 1.54) is 23.7 Å². The van der Waals surface area contributed by atoms with Crippen molar-refractivity contribution in [3.63, 3.8) is 0 Å². The molecule has 1 N–H and O–H groups in total. The summed E-state index contributed by atoms with van der Waals surface area (Å²) in [5.41, 5.74) is -0.441. The molecule has 26 heavy (non-hydrogen) atoms. The lowest BCUT2D eigenvalue weighted by Crippen LogP contribution is -2.33. The first-order chi connectivity index (χ1) is 12.3. The molecule has 0 saturated heterocycles. The average Bonchev–Trinajstić information content (AvgIpc) is 3.03. The van der Waals surface area contributed by atoms with E-state index in [1.807, 2.05) is 0 Å². The first kappa shape index (κ1) is 17.7. The number of aromatic carboxylic acids is 1. The van der Waals surface area contributed by atoms with E-state index in [9.17, 15) is 22.7 Å². The van der Waals surface area contributed by atoms with Gasteiger partial charge in [0, 0.05) is 18.4 Å². The summed E-state index contributed by atoms with van der Waals surface area (Å²) in [5, 5.41) is 12.6. The highest BCUT2D eigenvalue weighted by Crippen LogP contribution is 2.29. The van der Waals surface area contributed by atoms with Gasteiger partial charge in [0.15, 0.2) is 0 Å². The molecule has 0 bridgehead atoms. The Labute approximate surface area is 147 Å². The summed E-state index contributed by atoms with van der Waals surface area (Å²) in [6.45, 7) is 2.93. The molecule has 0 radical (unpaired) electrons. The van der Waals surface area contributed by atoms with E-state index in [0.717, 1.165) is 12.1 Å². The van der Waals surface area contributed by atoms with Crippen molar-refractivity contribution in [3.8, 4) is 0 Å². The number of sulfonamides is 1. The zero-order valence-corrected chi connectivity index (χ0v) is 14.6. The highest BCUT2D eigenvalue weighted by molar-refractivity contribution is 7.92. The number of anilines is 1. The minimum absolute atomic E-state index is 0.0617. The van der Waals surface area contributed by atoms with Crippen molar-refractivity contribution >= 4 is 27.5 Å². The van der Waals surface area contributed by atoms with E-state index >= 15 is 0 Å². The Bertz CT molecular complexity index is 1110. The van der Waals surface area contributed by atoms with Crippen LogP contribution in [0.15, 0.2) is 35.6 Å². The number of halogens is 1. The lowest BCUT2D eigenvalue weighted by molar-refractivity contribution is 0.0697. The Kier molecular flexibility index (Phi) is 4.32. The highest BCUT2D eigenvalue weighted by Gasteiger charge is 2.33. The summed E-state index contributed by atoms with van der Waals surface area (Å²) in [7, 11) is -4.41. The van der Waals surface area contributed by atoms with Crippen molar-refractivity contribution in [2.75, 3.05) is 10.8 Å². The van der Waals surface area contributed by atoms with Gasteiger partial charge in [-0.25, -0.2) is 18.7 Å². The zero-order chi connectivity index (χ0) is 19.1. The Balaban J connectivity index is 2.21. The third-order valence-electron chi connectivity index (χ3n) is 3.69. The first-order valence-electron chi connectivity index (χ1n) is 7.50. The maximum absolute atomic E-state index is 14.3. The number of carbonyl (C=O) groups is 1. The fraction of sp³-hybridized carbons (Fsp3) is 0.200. The molecular formula is C15H14FN5O4S. The number of hydrogen-bond acceptors (Lipinski definition) is 6. The van der Waals surface area contributed by atoms with Crippen LogP contribution in [0.3, 0.4) is 0 Å². The first-order valence-corrected chi connectivity index (χ1v) is 8.94. The minimum atomic E-state index is -4.41. The fourth-order valence-electron chi connectivity index (χ4n) is 2.49. The Morgan fingerprint density at radius 2 is 2.08 bits per heavy atom. The van der Waals surface area contributed by atoms with Gasteiger partial charge in [0.05, 0.1) is 5.56 Å². The maximum Gasteiger partial charge on any atom is 0.337 e. The van der Waals surface area contributed by atoms with Gasteiger partial charge in [0.1, 0.15) is 11.5 Å². The van der Waals surface area contributed by atoms with Gasteiger partial charge in [0.2, 0.25) is 0 Å². The van der Waals surface area contributed by atoms with Gasteiger partial charge in [0.25, 0.3) is 10.9 Å². The summed E-state index contributed by atoms with van der Waals surface area (Å²) >= 11 is 0. The second-order valence-electron chi connectivity index (χ2n) is 5.30. The number of carboxylic acids is 1. The predicted molar refractivity (Wildman–Crippen MR) is 89.1 cm³/mol. The number of para-hydroxylation sites is 1. The summed E-state index contributed by atoms with van der Waals surface area (Å²) in [5.74, 6) is -2.37. The topological polar surface area (TPSA) is 118 Å². The molecule has 0 atom stereocenters. The largest absolute Gasteiger partial charge is 0.478 e. The van der Waals surface area contributed by atoms with Gasteiger partial charge in [-0.15, -0.1) is 5.10 Å². The second-order valence-corrected chi connectivity index (χ2v) is 7.06. The molecule has 0 aliphatic carbocycles. The molecule has 0 unspecified atom stereocenters. The number of fused-ring (bicyclic) bond motifs is 1. The Morgan fingerprint density at radius 3 is 2.69 bits per heavy atom. The van der Waals surface area contributed by atoms with Gasteiger partial charge in [-0.3, -0.25) is 4.31 Å². The van der Waals surface area contributed by atoms with Gasteiger partial charge >= 0.3 is 16.0 Å². The van der Waals surface area contributed by atoms with Crippen molar-refractivity contribution in [2.24, 2.45) is 0 Å². The average molecular weight is 379 g/mol. The number of nitrogens with zero attached hydrogens (tertiary/aromatic N) is 5. The van der Waals surface area contributed by atoms with Crippen LogP contribution < -0.4 is 4.31 Å². The SMILES string of the molecule is CCN(c1c(F)cccc1C(=O)O)S(=O)(=O)c1nc2nccc(C)n2n1. The number of rotatable bonds is 5. The van der Waals surface area contributed by atoms with Crippen LogP contribution in [0.5, 0.6) is 0 Å². The van der Waals surface area contributed by atoms with Crippen LogP contribution in [0.2, 0.25) is 0 Å². The van der Waals surface area contributed by atoms with Crippen LogP contribution in [-0.2, 0) is 10.0 Å². The second kappa shape index (κ2) is 6.33. The molecule has 2 heterocycles. The molecule has 1 aromatic carbocycles. The summed E-state index contributed by atoms with van der Waals surface area (Å²) in [4.78, 5) is 19.2. The highest BCUT2D eigenvalue weighted by atomic mass is 32.2. The molecule has 3 rings (SSSR count). The van der Waals surface area contributed by atoms with Crippen LogP contribution in [0.4, 0.5) is 10.1 Å². The monoisotopic (exact) mass is 379 g/mol. The van der Waals surface area contributed by atoms with Crippen LogP contribution >= 0.6 is 0 Å². The van der Waals surface area contributed by atoms with Crippen molar-refractivity contribution < 1.29 is 22.7 Å². The summed E-state index contributed by atoms with van der Waals surface area (Å²) < 4.78 is 42.1. The lowest BCUT2D eigenvalue weighted by Gasteiger charge is -2.23. The Hall–Kier alpha value is -3.08. The fourth-order valence-corrected chi connectivity index (χ4v) is 3.83. The summed E-state index contributed by atoms with van der Waals surface area (Å²) in [6.07, 6.45) is 1.45. The van der Waals surface area contributed by atoms with E-state index in [4.69, 9.17) is 0 Å².